The third-order valence-corrected chi connectivity index (χ3v) is 7.20. The van der Waals surface area contributed by atoms with Gasteiger partial charge in [-0.3, -0.25) is 14.9 Å². The number of aromatic nitrogens is 6. The van der Waals surface area contributed by atoms with Gasteiger partial charge in [0.15, 0.2) is 17.3 Å². The molecular formula is C32H31F2N9O. The van der Waals surface area contributed by atoms with Crippen LogP contribution in [0.3, 0.4) is 0 Å². The number of nitrogens with one attached hydrogen (secondary N) is 4. The minimum atomic E-state index is -0.527. The number of benzene rings is 2. The molecule has 0 aliphatic rings. The van der Waals surface area contributed by atoms with E-state index >= 15 is 4.39 Å². The maximum Gasteiger partial charge on any atom is 0.226 e. The molecule has 0 spiro atoms. The minimum absolute atomic E-state index is 0.143. The summed E-state index contributed by atoms with van der Waals surface area (Å²) in [6.07, 6.45) is 4.76. The van der Waals surface area contributed by atoms with Crippen molar-refractivity contribution >= 4 is 39.3 Å². The number of pyridine rings is 2. The number of fused-ring (bicyclic) bond motifs is 2. The highest BCUT2D eigenvalue weighted by molar-refractivity contribution is 5.98. The first-order valence-corrected chi connectivity index (χ1v) is 14.1. The number of hydrogen-bond acceptors (Lipinski definition) is 7. The fourth-order valence-electron chi connectivity index (χ4n) is 4.92. The van der Waals surface area contributed by atoms with Gasteiger partial charge >= 0.3 is 0 Å². The zero-order chi connectivity index (χ0) is 31.0. The average molecular weight is 596 g/mol. The molecule has 12 heteroatoms. The van der Waals surface area contributed by atoms with Crippen LogP contribution in [0.4, 0.5) is 20.2 Å². The smallest absolute Gasteiger partial charge is 0.226 e. The first-order chi connectivity index (χ1) is 21.2. The molecule has 6 aromatic rings. The molecule has 0 aliphatic heterocycles. The summed E-state index contributed by atoms with van der Waals surface area (Å²) >= 11 is 0. The van der Waals surface area contributed by atoms with Gasteiger partial charge in [-0.15, -0.1) is 0 Å². The maximum absolute atomic E-state index is 15.3. The lowest BCUT2D eigenvalue weighted by Crippen LogP contribution is -2.20. The summed E-state index contributed by atoms with van der Waals surface area (Å²) in [6, 6.07) is 11.5. The molecule has 4 heterocycles. The number of halogens is 2. The Morgan fingerprint density at radius 1 is 1.00 bits per heavy atom. The summed E-state index contributed by atoms with van der Waals surface area (Å²) in [5, 5.41) is 13.7. The highest BCUT2D eigenvalue weighted by Crippen LogP contribution is 2.35. The van der Waals surface area contributed by atoms with Crippen LogP contribution in [0.15, 0.2) is 61.1 Å². The van der Waals surface area contributed by atoms with Gasteiger partial charge in [0, 0.05) is 53.6 Å². The number of H-pyrrole nitrogens is 2. The van der Waals surface area contributed by atoms with Crippen LogP contribution in [0.5, 0.6) is 0 Å². The third-order valence-electron chi connectivity index (χ3n) is 7.20. The van der Waals surface area contributed by atoms with Gasteiger partial charge in [-0.1, -0.05) is 13.8 Å². The molecule has 0 radical (unpaired) electrons. The van der Waals surface area contributed by atoms with E-state index in [1.807, 2.05) is 25.1 Å². The number of nitrogens with zero attached hydrogens (tertiary/aromatic N) is 5. The van der Waals surface area contributed by atoms with Gasteiger partial charge in [0.2, 0.25) is 5.91 Å². The van der Waals surface area contributed by atoms with Gasteiger partial charge in [-0.2, -0.15) is 5.10 Å². The normalized spacial score (nSPS) is 11.6. The number of amides is 1. The van der Waals surface area contributed by atoms with E-state index in [9.17, 15) is 9.18 Å². The van der Waals surface area contributed by atoms with Crippen LogP contribution < -0.4 is 10.6 Å². The molecule has 0 atom stereocenters. The first kappa shape index (κ1) is 28.9. The molecule has 4 aromatic heterocycles. The summed E-state index contributed by atoms with van der Waals surface area (Å²) in [5.74, 6) is -0.844. The van der Waals surface area contributed by atoms with E-state index < -0.39 is 5.82 Å². The van der Waals surface area contributed by atoms with Gasteiger partial charge in [0.25, 0.3) is 0 Å². The van der Waals surface area contributed by atoms with Crippen LogP contribution in [0.1, 0.15) is 13.8 Å². The van der Waals surface area contributed by atoms with Crippen LogP contribution in [0.25, 0.3) is 55.8 Å². The molecule has 0 unspecified atom stereocenters. The van der Waals surface area contributed by atoms with Crippen LogP contribution in [-0.4, -0.2) is 68.1 Å². The van der Waals surface area contributed by atoms with Crippen molar-refractivity contribution in [2.45, 2.75) is 13.8 Å². The van der Waals surface area contributed by atoms with Crippen molar-refractivity contribution in [2.75, 3.05) is 37.8 Å². The first-order valence-electron chi connectivity index (χ1n) is 14.1. The molecule has 0 aliphatic carbocycles. The lowest BCUT2D eigenvalue weighted by molar-refractivity contribution is -0.118. The highest BCUT2D eigenvalue weighted by Gasteiger charge is 2.19. The topological polar surface area (TPSA) is 128 Å². The number of imidazole rings is 1. The molecule has 224 valence electrons. The van der Waals surface area contributed by atoms with Gasteiger partial charge in [0.1, 0.15) is 17.0 Å². The molecular weight excluding hydrogens is 564 g/mol. The SMILES string of the molecule is CC(C)C(=O)Nc1cncc(-c2cc(F)c3n[nH]c(-c4nc5nccc(-c6cc(F)cc(NCCN(C)C)c6)c5[nH]4)c3c2)c1. The lowest BCUT2D eigenvalue weighted by atomic mass is 10.0. The molecule has 44 heavy (non-hydrogen) atoms. The van der Waals surface area contributed by atoms with Crippen LogP contribution in [0, 0.1) is 17.6 Å². The van der Waals surface area contributed by atoms with E-state index in [1.165, 1.54) is 18.2 Å². The summed E-state index contributed by atoms with van der Waals surface area (Å²) < 4.78 is 30.0. The molecule has 1 amide bonds. The second-order valence-electron chi connectivity index (χ2n) is 11.2. The van der Waals surface area contributed by atoms with Gasteiger partial charge in [-0.05, 0) is 67.7 Å². The number of aromatic amines is 2. The Morgan fingerprint density at radius 2 is 1.82 bits per heavy atom. The monoisotopic (exact) mass is 595 g/mol. The third kappa shape index (κ3) is 5.84. The van der Waals surface area contributed by atoms with E-state index in [2.05, 4.69) is 40.8 Å². The van der Waals surface area contributed by atoms with Crippen molar-refractivity contribution in [2.24, 2.45) is 5.92 Å². The largest absolute Gasteiger partial charge is 0.384 e. The van der Waals surface area contributed by atoms with E-state index in [4.69, 9.17) is 0 Å². The van der Waals surface area contributed by atoms with Gasteiger partial charge in [-0.25, -0.2) is 18.7 Å². The van der Waals surface area contributed by atoms with Crippen molar-refractivity contribution in [3.05, 3.63) is 72.7 Å². The van der Waals surface area contributed by atoms with Gasteiger partial charge < -0.3 is 20.5 Å². The van der Waals surface area contributed by atoms with Crippen LogP contribution >= 0.6 is 0 Å². The number of hydrogen-bond donors (Lipinski definition) is 4. The molecule has 4 N–H and O–H groups in total. The van der Waals surface area contributed by atoms with Crippen molar-refractivity contribution in [3.63, 3.8) is 0 Å². The van der Waals surface area contributed by atoms with E-state index in [1.54, 1.807) is 50.6 Å². The quantitative estimate of drug-likeness (QED) is 0.160. The van der Waals surface area contributed by atoms with Crippen LogP contribution in [-0.2, 0) is 4.79 Å². The number of carbonyl (C=O) groups is 1. The Hall–Kier alpha value is -5.23. The average Bonchev–Trinajstić information content (AvgIpc) is 3.61. The predicted octanol–water partition coefficient (Wildman–Crippen LogP) is 6.08. The van der Waals surface area contributed by atoms with Crippen molar-refractivity contribution in [3.8, 4) is 33.8 Å². The van der Waals surface area contributed by atoms with Crippen molar-refractivity contribution < 1.29 is 13.6 Å². The molecule has 0 saturated carbocycles. The molecule has 0 fully saturated rings. The lowest BCUT2D eigenvalue weighted by Gasteiger charge is -2.13. The Balaban J connectivity index is 1.38. The fraction of sp³-hybridized carbons (Fsp3) is 0.219. The molecule has 0 saturated heterocycles. The number of rotatable bonds is 9. The second kappa shape index (κ2) is 11.8. The number of likely N-dealkylation sites (N-methyl/N-ethyl adjacent to an activating group) is 1. The minimum Gasteiger partial charge on any atom is -0.384 e. The molecule has 6 rings (SSSR count). The second-order valence-corrected chi connectivity index (χ2v) is 11.2. The Bertz CT molecular complexity index is 2000. The summed E-state index contributed by atoms with van der Waals surface area (Å²) in [5.41, 5.74) is 5.34. The predicted molar refractivity (Wildman–Crippen MR) is 168 cm³/mol. The maximum atomic E-state index is 15.3. The van der Waals surface area contributed by atoms with Gasteiger partial charge in [0.05, 0.1) is 17.4 Å². The number of anilines is 2. The zero-order valence-corrected chi connectivity index (χ0v) is 24.7. The Labute approximate surface area is 252 Å². The van der Waals surface area contributed by atoms with E-state index in [0.717, 1.165) is 6.54 Å². The number of carbonyl (C=O) groups excluding carboxylic acids is 1. The van der Waals surface area contributed by atoms with Crippen molar-refractivity contribution in [1.29, 1.82) is 0 Å². The Kier molecular flexibility index (Phi) is 7.75. The van der Waals surface area contributed by atoms with E-state index in [0.29, 0.717) is 68.2 Å². The van der Waals surface area contributed by atoms with E-state index in [-0.39, 0.29) is 23.2 Å². The molecule has 0 bridgehead atoms. The fourth-order valence-corrected chi connectivity index (χ4v) is 4.92. The molecule has 2 aromatic carbocycles. The van der Waals surface area contributed by atoms with Crippen LogP contribution in [0.2, 0.25) is 0 Å². The standard InChI is InChI=1S/C32H31F2N9O/c1-17(2)32(44)38-23-11-20(15-35-16-23)18-12-25-27(26(34)13-18)41-42-29(25)31-39-28-24(5-6-37-30(28)40-31)19-9-21(33)14-22(10-19)36-7-8-43(3)4/h5-6,9-17,36H,7-8H2,1-4H3,(H,38,44)(H,41,42)(H,37,39,40). The summed E-state index contributed by atoms with van der Waals surface area (Å²) in [7, 11) is 3.95. The Morgan fingerprint density at radius 3 is 2.61 bits per heavy atom. The summed E-state index contributed by atoms with van der Waals surface area (Å²) in [6.45, 7) is 5.06. The van der Waals surface area contributed by atoms with Crippen molar-refractivity contribution in [1.82, 2.24) is 35.0 Å². The summed E-state index contributed by atoms with van der Waals surface area (Å²) in [4.78, 5) is 30.8. The zero-order valence-electron chi connectivity index (χ0n) is 24.7. The highest BCUT2D eigenvalue weighted by atomic mass is 19.1. The molecule has 10 nitrogen and oxygen atoms in total.